The number of para-hydroxylation sites is 1. The average molecular weight is 450 g/mol. The zero-order valence-corrected chi connectivity index (χ0v) is 18.4. The third-order valence-corrected chi connectivity index (χ3v) is 5.17. The van der Waals surface area contributed by atoms with E-state index in [4.69, 9.17) is 23.0 Å². The van der Waals surface area contributed by atoms with E-state index in [2.05, 4.69) is 0 Å². The van der Waals surface area contributed by atoms with E-state index in [9.17, 15) is 14.4 Å². The predicted molar refractivity (Wildman–Crippen MR) is 120 cm³/mol. The van der Waals surface area contributed by atoms with Crippen molar-refractivity contribution < 1.29 is 32.6 Å². The van der Waals surface area contributed by atoms with Gasteiger partial charge in [-0.25, -0.2) is 9.59 Å². The number of aryl methyl sites for hydroxylation is 2. The Morgan fingerprint density at radius 3 is 2.61 bits per heavy atom. The van der Waals surface area contributed by atoms with Gasteiger partial charge in [0.1, 0.15) is 11.3 Å². The predicted octanol–water partition coefficient (Wildman–Crippen LogP) is 4.57. The van der Waals surface area contributed by atoms with Gasteiger partial charge in [0.25, 0.3) is 0 Å². The zero-order chi connectivity index (χ0) is 23.5. The Balaban J connectivity index is 1.71. The largest absolute Gasteiger partial charge is 0.493 e. The van der Waals surface area contributed by atoms with E-state index >= 15 is 0 Å². The first-order valence-corrected chi connectivity index (χ1v) is 10.4. The van der Waals surface area contributed by atoms with E-state index in [-0.39, 0.29) is 42.5 Å². The van der Waals surface area contributed by atoms with Gasteiger partial charge < -0.3 is 23.0 Å². The lowest BCUT2D eigenvalue weighted by molar-refractivity contribution is -0.143. The van der Waals surface area contributed by atoms with Crippen LogP contribution in [0.3, 0.4) is 0 Å². The normalized spacial score (nSPS) is 11.0. The summed E-state index contributed by atoms with van der Waals surface area (Å²) in [5.74, 6) is -0.463. The van der Waals surface area contributed by atoms with Crippen molar-refractivity contribution in [3.8, 4) is 11.5 Å². The van der Waals surface area contributed by atoms with Crippen LogP contribution >= 0.6 is 0 Å². The van der Waals surface area contributed by atoms with Crippen LogP contribution in [-0.2, 0) is 16.0 Å². The highest BCUT2D eigenvalue weighted by Gasteiger charge is 2.20. The fourth-order valence-electron chi connectivity index (χ4n) is 3.60. The first-order chi connectivity index (χ1) is 15.9. The second-order valence-corrected chi connectivity index (χ2v) is 7.39. The van der Waals surface area contributed by atoms with E-state index in [0.717, 1.165) is 0 Å². The number of furan rings is 1. The lowest BCUT2D eigenvalue weighted by Crippen LogP contribution is -2.11. The van der Waals surface area contributed by atoms with Gasteiger partial charge in [0, 0.05) is 29.3 Å². The van der Waals surface area contributed by atoms with Gasteiger partial charge in [0.2, 0.25) is 5.76 Å². The third kappa shape index (κ3) is 4.59. The number of carbonyl (C=O) groups is 2. The molecule has 2 aromatic heterocycles. The molecule has 0 atom stereocenters. The maximum absolute atomic E-state index is 12.9. The highest BCUT2D eigenvalue weighted by molar-refractivity contribution is 5.96. The molecule has 33 heavy (non-hydrogen) atoms. The van der Waals surface area contributed by atoms with Gasteiger partial charge in [0.05, 0.1) is 13.7 Å². The van der Waals surface area contributed by atoms with Crippen molar-refractivity contribution >= 4 is 33.9 Å². The minimum absolute atomic E-state index is 0.0170. The van der Waals surface area contributed by atoms with Crippen LogP contribution in [0.1, 0.15) is 35.0 Å². The van der Waals surface area contributed by atoms with Gasteiger partial charge in [0.15, 0.2) is 11.3 Å². The summed E-state index contributed by atoms with van der Waals surface area (Å²) in [7, 11) is 1.51. The van der Waals surface area contributed by atoms with Crippen molar-refractivity contribution in [2.45, 2.75) is 26.7 Å². The van der Waals surface area contributed by atoms with Crippen molar-refractivity contribution in [2.75, 3.05) is 13.7 Å². The van der Waals surface area contributed by atoms with E-state index in [1.807, 2.05) is 0 Å². The van der Waals surface area contributed by atoms with Crippen LogP contribution < -0.4 is 15.1 Å². The average Bonchev–Trinajstić information content (AvgIpc) is 3.22. The molecule has 170 valence electrons. The SMILES string of the molecule is CCOC(=O)CCc1cc2c(C)cc(=O)oc2cc1OC(=O)c1cc2cccc(OC)c2o1. The van der Waals surface area contributed by atoms with Crippen molar-refractivity contribution in [1.82, 2.24) is 0 Å². The maximum Gasteiger partial charge on any atom is 0.379 e. The first kappa shape index (κ1) is 22.1. The Hall–Kier alpha value is -4.07. The molecule has 8 nitrogen and oxygen atoms in total. The molecule has 0 saturated carbocycles. The smallest absolute Gasteiger partial charge is 0.379 e. The summed E-state index contributed by atoms with van der Waals surface area (Å²) < 4.78 is 26.9. The molecule has 0 N–H and O–H groups in total. The number of hydrogen-bond donors (Lipinski definition) is 0. The van der Waals surface area contributed by atoms with Crippen LogP contribution in [0.15, 0.2) is 56.1 Å². The monoisotopic (exact) mass is 450 g/mol. The molecule has 0 radical (unpaired) electrons. The van der Waals surface area contributed by atoms with Crippen LogP contribution in [0, 0.1) is 6.92 Å². The zero-order valence-electron chi connectivity index (χ0n) is 18.4. The second-order valence-electron chi connectivity index (χ2n) is 7.39. The van der Waals surface area contributed by atoms with Gasteiger partial charge in [-0.15, -0.1) is 0 Å². The molecule has 4 aromatic rings. The molecule has 0 fully saturated rings. The minimum atomic E-state index is -0.736. The number of fused-ring (bicyclic) bond motifs is 2. The summed E-state index contributed by atoms with van der Waals surface area (Å²) in [5, 5.41) is 1.37. The minimum Gasteiger partial charge on any atom is -0.493 e. The molecule has 8 heteroatoms. The summed E-state index contributed by atoms with van der Waals surface area (Å²) in [5.41, 5.74) is 1.49. The Kier molecular flexibility index (Phi) is 6.17. The molecule has 4 rings (SSSR count). The van der Waals surface area contributed by atoms with Crippen molar-refractivity contribution in [3.63, 3.8) is 0 Å². The summed E-state index contributed by atoms with van der Waals surface area (Å²) >= 11 is 0. The number of hydrogen-bond acceptors (Lipinski definition) is 8. The quantitative estimate of drug-likeness (QED) is 0.229. The molecule has 0 saturated heterocycles. The van der Waals surface area contributed by atoms with Gasteiger partial charge >= 0.3 is 17.6 Å². The fraction of sp³-hybridized carbons (Fsp3) is 0.240. The van der Waals surface area contributed by atoms with E-state index in [1.165, 1.54) is 19.2 Å². The molecule has 0 aliphatic heterocycles. The lowest BCUT2D eigenvalue weighted by Gasteiger charge is -2.11. The molecule has 0 unspecified atom stereocenters. The van der Waals surface area contributed by atoms with Crippen LogP contribution in [0.4, 0.5) is 0 Å². The second kappa shape index (κ2) is 9.20. The Morgan fingerprint density at radius 2 is 1.85 bits per heavy atom. The maximum atomic E-state index is 12.9. The van der Waals surface area contributed by atoms with Gasteiger partial charge in [-0.3, -0.25) is 4.79 Å². The van der Waals surface area contributed by atoms with Gasteiger partial charge in [-0.2, -0.15) is 0 Å². The van der Waals surface area contributed by atoms with Crippen LogP contribution in [0.5, 0.6) is 11.5 Å². The number of benzene rings is 2. The fourth-order valence-corrected chi connectivity index (χ4v) is 3.60. The van der Waals surface area contributed by atoms with Gasteiger partial charge in [-0.05, 0) is 49.6 Å². The summed E-state index contributed by atoms with van der Waals surface area (Å²) in [4.78, 5) is 36.6. The van der Waals surface area contributed by atoms with E-state index < -0.39 is 11.6 Å². The molecule has 0 bridgehead atoms. The van der Waals surface area contributed by atoms with Gasteiger partial charge in [-0.1, -0.05) is 12.1 Å². The van der Waals surface area contributed by atoms with Crippen molar-refractivity contribution in [1.29, 1.82) is 0 Å². The molecular formula is C25H22O8. The van der Waals surface area contributed by atoms with Crippen LogP contribution in [-0.4, -0.2) is 25.7 Å². The summed E-state index contributed by atoms with van der Waals surface area (Å²) in [6.07, 6.45) is 0.367. The third-order valence-electron chi connectivity index (χ3n) is 5.17. The number of methoxy groups -OCH3 is 1. The Labute approximate surface area is 188 Å². The van der Waals surface area contributed by atoms with E-state index in [0.29, 0.717) is 33.2 Å². The van der Waals surface area contributed by atoms with Crippen LogP contribution in [0.25, 0.3) is 21.9 Å². The Morgan fingerprint density at radius 1 is 1.03 bits per heavy atom. The summed E-state index contributed by atoms with van der Waals surface area (Å²) in [6, 6.07) is 11.5. The van der Waals surface area contributed by atoms with Crippen LogP contribution in [0.2, 0.25) is 0 Å². The molecule has 0 amide bonds. The molecule has 0 aliphatic rings. The summed E-state index contributed by atoms with van der Waals surface area (Å²) in [6.45, 7) is 3.79. The first-order valence-electron chi connectivity index (χ1n) is 10.4. The number of rotatable bonds is 7. The Bertz CT molecular complexity index is 1410. The topological polar surface area (TPSA) is 105 Å². The molecular weight excluding hydrogens is 428 g/mol. The number of carbonyl (C=O) groups excluding carboxylic acids is 2. The van der Waals surface area contributed by atoms with Crippen molar-refractivity contribution in [2.24, 2.45) is 0 Å². The molecule has 2 aromatic carbocycles. The number of ether oxygens (including phenoxy) is 3. The highest BCUT2D eigenvalue weighted by atomic mass is 16.6. The standard InChI is InChI=1S/C25H22O8/c1-4-30-22(26)9-8-15-11-17-14(2)10-23(27)31-20(17)13-19(15)33-25(28)21-12-16-6-5-7-18(29-3)24(16)32-21/h5-7,10-13H,4,8-9H2,1-3H3. The highest BCUT2D eigenvalue weighted by Crippen LogP contribution is 2.31. The molecule has 0 spiro atoms. The molecule has 0 aliphatic carbocycles. The van der Waals surface area contributed by atoms with E-state index in [1.54, 1.807) is 44.2 Å². The number of esters is 2. The van der Waals surface area contributed by atoms with Crippen molar-refractivity contribution in [3.05, 3.63) is 69.8 Å². The lowest BCUT2D eigenvalue weighted by atomic mass is 10.0. The molecule has 2 heterocycles.